The van der Waals surface area contributed by atoms with Crippen LogP contribution in [0, 0.1) is 19.7 Å². The molecule has 11 heteroatoms. The second-order valence-corrected chi connectivity index (χ2v) is 12.7. The fraction of sp³-hybridized carbons (Fsp3) is 0.310. The average Bonchev–Trinajstić information content (AvgIpc) is 2.92. The Balaban J connectivity index is 1.23. The zero-order valence-electron chi connectivity index (χ0n) is 22.2. The Morgan fingerprint density at radius 2 is 1.75 bits per heavy atom. The van der Waals surface area contributed by atoms with E-state index in [0.29, 0.717) is 43.1 Å². The molecule has 0 saturated carbocycles. The molecule has 0 bridgehead atoms. The Morgan fingerprint density at radius 1 is 1.02 bits per heavy atom. The largest absolute Gasteiger partial charge is 0.371 e. The summed E-state index contributed by atoms with van der Waals surface area (Å²) in [5.74, 6) is -2.58. The Labute approximate surface area is 238 Å². The monoisotopic (exact) mass is 584 g/mol. The summed E-state index contributed by atoms with van der Waals surface area (Å²) in [7, 11) is -3.89. The Kier molecular flexibility index (Phi) is 7.74. The molecule has 2 amide bonds. The van der Waals surface area contributed by atoms with Crippen LogP contribution >= 0.6 is 11.6 Å². The van der Waals surface area contributed by atoms with Crippen molar-refractivity contribution < 1.29 is 22.4 Å². The highest BCUT2D eigenvalue weighted by Gasteiger charge is 2.32. The van der Waals surface area contributed by atoms with Crippen molar-refractivity contribution in [2.45, 2.75) is 25.6 Å². The van der Waals surface area contributed by atoms with E-state index in [1.54, 1.807) is 23.1 Å². The molecule has 2 aliphatic heterocycles. The number of nitrogens with zero attached hydrogens (tertiary/aromatic N) is 2. The molecule has 0 aliphatic carbocycles. The van der Waals surface area contributed by atoms with Gasteiger partial charge in [0.25, 0.3) is 5.91 Å². The van der Waals surface area contributed by atoms with Crippen LogP contribution in [0.25, 0.3) is 0 Å². The summed E-state index contributed by atoms with van der Waals surface area (Å²) < 4.78 is 39.7. The molecule has 2 heterocycles. The van der Waals surface area contributed by atoms with Gasteiger partial charge in [0, 0.05) is 48.0 Å². The van der Waals surface area contributed by atoms with E-state index >= 15 is 0 Å². The van der Waals surface area contributed by atoms with Crippen LogP contribution in [-0.4, -0.2) is 63.1 Å². The first-order chi connectivity index (χ1) is 19.0. The average molecular weight is 585 g/mol. The number of fused-ring (bicyclic) bond motifs is 1. The van der Waals surface area contributed by atoms with Gasteiger partial charge < -0.3 is 20.4 Å². The van der Waals surface area contributed by atoms with E-state index in [1.807, 2.05) is 6.07 Å². The molecule has 0 spiro atoms. The lowest BCUT2D eigenvalue weighted by molar-refractivity contribution is -0.116. The van der Waals surface area contributed by atoms with Gasteiger partial charge in [0.05, 0.1) is 22.9 Å². The maximum Gasteiger partial charge on any atom is 0.254 e. The minimum Gasteiger partial charge on any atom is -0.371 e. The molecular formula is C29H30ClFN4O4S. The molecular weight excluding hydrogens is 555 g/mol. The predicted molar refractivity (Wildman–Crippen MR) is 155 cm³/mol. The lowest BCUT2D eigenvalue weighted by Gasteiger charge is -2.37. The van der Waals surface area contributed by atoms with Crippen molar-refractivity contribution in [3.63, 3.8) is 0 Å². The van der Waals surface area contributed by atoms with Crippen LogP contribution in [0.1, 0.15) is 27.0 Å². The number of aryl methyl sites for hydroxylation is 1. The number of hydrogen-bond donors (Lipinski definition) is 2. The van der Waals surface area contributed by atoms with Gasteiger partial charge in [-0.3, -0.25) is 9.59 Å². The molecule has 1 unspecified atom stereocenters. The number of sulfone groups is 1. The number of benzene rings is 3. The van der Waals surface area contributed by atoms with Gasteiger partial charge in [-0.25, -0.2) is 12.8 Å². The van der Waals surface area contributed by atoms with Crippen LogP contribution in [-0.2, 0) is 20.4 Å². The number of carbonyl (C=O) groups is 2. The number of anilines is 3. The number of hydrogen-bond acceptors (Lipinski definition) is 6. The molecule has 3 aromatic carbocycles. The first kappa shape index (κ1) is 27.9. The van der Waals surface area contributed by atoms with Crippen molar-refractivity contribution in [1.29, 1.82) is 0 Å². The smallest absolute Gasteiger partial charge is 0.254 e. The van der Waals surface area contributed by atoms with Crippen LogP contribution in [0.2, 0.25) is 5.02 Å². The first-order valence-electron chi connectivity index (χ1n) is 13.0. The van der Waals surface area contributed by atoms with Crippen LogP contribution in [0.5, 0.6) is 0 Å². The zero-order valence-corrected chi connectivity index (χ0v) is 23.8. The molecule has 1 fully saturated rings. The molecule has 1 atom stereocenters. The SMILES string of the molecule is Cc1cccc(N2CCN(C(=O)c3ccc4c(c3)NC(=O)C(CS(=O)(=O)Cc3c(F)cccc3Cl)N4)CC2)c1C. The maximum atomic E-state index is 14.1. The number of piperazine rings is 1. The summed E-state index contributed by atoms with van der Waals surface area (Å²) >= 11 is 5.98. The van der Waals surface area contributed by atoms with Gasteiger partial charge in [-0.05, 0) is 61.4 Å². The van der Waals surface area contributed by atoms with Gasteiger partial charge in [0.2, 0.25) is 5.91 Å². The van der Waals surface area contributed by atoms with E-state index in [2.05, 4.69) is 41.5 Å². The van der Waals surface area contributed by atoms with E-state index < -0.39 is 39.1 Å². The number of halogens is 2. The topological polar surface area (TPSA) is 98.8 Å². The number of nitrogens with one attached hydrogen (secondary N) is 2. The summed E-state index contributed by atoms with van der Waals surface area (Å²) in [6, 6.07) is 14.0. The zero-order chi connectivity index (χ0) is 28.6. The van der Waals surface area contributed by atoms with Gasteiger partial charge >= 0.3 is 0 Å². The highest BCUT2D eigenvalue weighted by molar-refractivity contribution is 7.90. The summed E-state index contributed by atoms with van der Waals surface area (Å²) in [5, 5.41) is 5.67. The van der Waals surface area contributed by atoms with Crippen LogP contribution in [0.15, 0.2) is 54.6 Å². The molecule has 8 nitrogen and oxygen atoms in total. The lowest BCUT2D eigenvalue weighted by atomic mass is 10.1. The Morgan fingerprint density at radius 3 is 2.48 bits per heavy atom. The fourth-order valence-electron chi connectivity index (χ4n) is 5.11. The van der Waals surface area contributed by atoms with Crippen molar-refractivity contribution >= 4 is 50.3 Å². The van der Waals surface area contributed by atoms with E-state index in [4.69, 9.17) is 11.6 Å². The standard InChI is InChI=1S/C29H30ClFN4O4S/c1-18-5-3-8-27(19(18)2)34-11-13-35(14-12-34)29(37)20-9-10-24-25(15-20)33-28(36)26(32-24)17-40(38,39)16-21-22(30)6-4-7-23(21)31/h3-10,15,26,32H,11-14,16-17H2,1-2H3,(H,33,36). The number of carbonyl (C=O) groups excluding carboxylic acids is 2. The molecule has 3 aromatic rings. The minimum atomic E-state index is -3.89. The fourth-order valence-corrected chi connectivity index (χ4v) is 7.01. The summed E-state index contributed by atoms with van der Waals surface area (Å²) in [5.41, 5.74) is 4.86. The summed E-state index contributed by atoms with van der Waals surface area (Å²) in [6.07, 6.45) is 0. The molecule has 5 rings (SSSR count). The molecule has 2 aliphatic rings. The van der Waals surface area contributed by atoms with Crippen molar-refractivity contribution in [1.82, 2.24) is 4.90 Å². The highest BCUT2D eigenvalue weighted by atomic mass is 35.5. The molecule has 210 valence electrons. The highest BCUT2D eigenvalue weighted by Crippen LogP contribution is 2.30. The Hall–Kier alpha value is -3.63. The molecule has 2 N–H and O–H groups in total. The Bertz CT molecular complexity index is 1570. The molecule has 0 radical (unpaired) electrons. The van der Waals surface area contributed by atoms with E-state index in [-0.39, 0.29) is 16.5 Å². The quantitative estimate of drug-likeness (QED) is 0.445. The van der Waals surface area contributed by atoms with Crippen molar-refractivity contribution in [2.75, 3.05) is 47.5 Å². The van der Waals surface area contributed by atoms with Gasteiger partial charge in [0.1, 0.15) is 11.9 Å². The third kappa shape index (κ3) is 5.78. The van der Waals surface area contributed by atoms with Crippen molar-refractivity contribution in [2.24, 2.45) is 0 Å². The van der Waals surface area contributed by atoms with Gasteiger partial charge in [-0.15, -0.1) is 0 Å². The van der Waals surface area contributed by atoms with Crippen molar-refractivity contribution in [3.8, 4) is 0 Å². The second-order valence-electron chi connectivity index (χ2n) is 10.2. The third-order valence-corrected chi connectivity index (χ3v) is 9.42. The van der Waals surface area contributed by atoms with Gasteiger partial charge in [0.15, 0.2) is 9.84 Å². The predicted octanol–water partition coefficient (Wildman–Crippen LogP) is 4.41. The minimum absolute atomic E-state index is 0.0128. The lowest BCUT2D eigenvalue weighted by Crippen LogP contribution is -2.49. The summed E-state index contributed by atoms with van der Waals surface area (Å²) in [6.45, 7) is 6.77. The van der Waals surface area contributed by atoms with Crippen LogP contribution < -0.4 is 15.5 Å². The maximum absolute atomic E-state index is 14.1. The first-order valence-corrected chi connectivity index (χ1v) is 15.2. The van der Waals surface area contributed by atoms with Gasteiger partial charge in [-0.1, -0.05) is 29.8 Å². The van der Waals surface area contributed by atoms with Gasteiger partial charge in [-0.2, -0.15) is 0 Å². The number of amides is 2. The van der Waals surface area contributed by atoms with E-state index in [1.165, 1.54) is 28.9 Å². The second kappa shape index (κ2) is 11.1. The van der Waals surface area contributed by atoms with E-state index in [0.717, 1.165) is 6.07 Å². The van der Waals surface area contributed by atoms with E-state index in [9.17, 15) is 22.4 Å². The third-order valence-electron chi connectivity index (χ3n) is 7.50. The molecule has 1 saturated heterocycles. The molecule has 40 heavy (non-hydrogen) atoms. The normalized spacial score (nSPS) is 17.2. The number of rotatable bonds is 6. The summed E-state index contributed by atoms with van der Waals surface area (Å²) in [4.78, 5) is 30.1. The van der Waals surface area contributed by atoms with Crippen molar-refractivity contribution in [3.05, 3.63) is 87.7 Å². The van der Waals surface area contributed by atoms with Crippen LogP contribution in [0.3, 0.4) is 0 Å². The van der Waals surface area contributed by atoms with Crippen LogP contribution in [0.4, 0.5) is 21.5 Å². The molecule has 0 aromatic heterocycles.